The van der Waals surface area contributed by atoms with Crippen LogP contribution in [0.5, 0.6) is 0 Å². The molecule has 1 aromatic carbocycles. The topological polar surface area (TPSA) is 13.1 Å². The lowest BCUT2D eigenvalue weighted by molar-refractivity contribution is -0.0328. The summed E-state index contributed by atoms with van der Waals surface area (Å²) in [6, 6.07) is 7.73. The van der Waals surface area contributed by atoms with Crippen molar-refractivity contribution in [1.29, 1.82) is 0 Å². The van der Waals surface area contributed by atoms with Crippen molar-refractivity contribution in [3.05, 3.63) is 41.6 Å². The van der Waals surface area contributed by atoms with Crippen molar-refractivity contribution in [1.82, 2.24) is 0 Å². The van der Waals surface area contributed by atoms with Crippen LogP contribution in [-0.4, -0.2) is 5.51 Å². The molecule has 0 atom stereocenters. The second-order valence-corrected chi connectivity index (χ2v) is 4.68. The van der Waals surface area contributed by atoms with Gasteiger partial charge in [-0.15, -0.1) is 0 Å². The molecule has 1 nitrogen and oxygen atoms in total. The van der Waals surface area contributed by atoms with Crippen LogP contribution in [0.15, 0.2) is 45.9 Å². The van der Waals surface area contributed by atoms with E-state index in [0.717, 1.165) is 0 Å². The summed E-state index contributed by atoms with van der Waals surface area (Å²) in [6.45, 7) is 0. The summed E-state index contributed by atoms with van der Waals surface area (Å²) in [5, 5.41) is 0.0567. The highest BCUT2D eigenvalue weighted by Crippen LogP contribution is 2.41. The van der Waals surface area contributed by atoms with Gasteiger partial charge in [0.1, 0.15) is 5.76 Å². The van der Waals surface area contributed by atoms with Gasteiger partial charge in [-0.3, -0.25) is 0 Å². The van der Waals surface area contributed by atoms with E-state index in [0.29, 0.717) is 11.3 Å². The number of halogens is 4. The van der Waals surface area contributed by atoms with Gasteiger partial charge < -0.3 is 4.42 Å². The molecule has 2 aromatic rings. The molecule has 0 saturated heterocycles. The van der Waals surface area contributed by atoms with E-state index in [-0.39, 0.29) is 21.7 Å². The van der Waals surface area contributed by atoms with Gasteiger partial charge in [-0.25, -0.2) is 0 Å². The van der Waals surface area contributed by atoms with Crippen molar-refractivity contribution >= 4 is 23.4 Å². The fraction of sp³-hybridized carbons (Fsp3) is 0.0909. The third-order valence-electron chi connectivity index (χ3n) is 1.96. The number of benzene rings is 1. The molecule has 0 fully saturated rings. The zero-order chi connectivity index (χ0) is 12.5. The Balaban J connectivity index is 2.29. The molecule has 0 aliphatic carbocycles. The predicted molar refractivity (Wildman–Crippen MR) is 61.1 cm³/mol. The highest BCUT2D eigenvalue weighted by molar-refractivity contribution is 8.00. The Hall–Kier alpha value is -1.07. The SMILES string of the molecule is FC(F)(F)Sc1ccc(-c2ccco2)cc1Cl. The Morgan fingerprint density at radius 3 is 2.47 bits per heavy atom. The number of thioether (sulfide) groups is 1. The molecule has 0 amide bonds. The van der Waals surface area contributed by atoms with Crippen molar-refractivity contribution in [3.63, 3.8) is 0 Å². The van der Waals surface area contributed by atoms with Crippen LogP contribution >= 0.6 is 23.4 Å². The molecule has 90 valence electrons. The number of hydrogen-bond acceptors (Lipinski definition) is 2. The summed E-state index contributed by atoms with van der Waals surface area (Å²) in [7, 11) is 0. The molecule has 0 spiro atoms. The van der Waals surface area contributed by atoms with Crippen LogP contribution in [0, 0.1) is 0 Å². The van der Waals surface area contributed by atoms with Gasteiger partial charge in [-0.1, -0.05) is 17.7 Å². The lowest BCUT2D eigenvalue weighted by Crippen LogP contribution is -1.99. The van der Waals surface area contributed by atoms with Crippen LogP contribution in [0.25, 0.3) is 11.3 Å². The van der Waals surface area contributed by atoms with Gasteiger partial charge >= 0.3 is 5.51 Å². The second-order valence-electron chi connectivity index (χ2n) is 3.17. The summed E-state index contributed by atoms with van der Waals surface area (Å²) >= 11 is 5.56. The van der Waals surface area contributed by atoms with Gasteiger partial charge in [0.25, 0.3) is 0 Å². The summed E-state index contributed by atoms with van der Waals surface area (Å²) in [5.41, 5.74) is -3.69. The first-order valence-electron chi connectivity index (χ1n) is 4.55. The van der Waals surface area contributed by atoms with E-state index in [1.807, 2.05) is 0 Å². The van der Waals surface area contributed by atoms with Crippen molar-refractivity contribution in [2.75, 3.05) is 0 Å². The van der Waals surface area contributed by atoms with Crippen molar-refractivity contribution < 1.29 is 17.6 Å². The molecule has 0 aliphatic rings. The second kappa shape index (κ2) is 4.66. The predicted octanol–water partition coefficient (Wildman–Crippen LogP) is 5.21. The Bertz CT molecular complexity index is 508. The van der Waals surface area contributed by atoms with Gasteiger partial charge in [-0.05, 0) is 36.0 Å². The maximum Gasteiger partial charge on any atom is 0.446 e. The van der Waals surface area contributed by atoms with E-state index in [2.05, 4.69) is 0 Å². The standard InChI is InChI=1S/C11H6ClF3OS/c12-8-6-7(9-2-1-5-16-9)3-4-10(8)17-11(13,14)15/h1-6H. The maximum absolute atomic E-state index is 12.2. The van der Waals surface area contributed by atoms with E-state index in [1.165, 1.54) is 18.4 Å². The largest absolute Gasteiger partial charge is 0.464 e. The normalized spacial score (nSPS) is 11.8. The Kier molecular flexibility index (Phi) is 3.40. The van der Waals surface area contributed by atoms with E-state index >= 15 is 0 Å². The number of alkyl halides is 3. The van der Waals surface area contributed by atoms with Crippen molar-refractivity contribution in [2.45, 2.75) is 10.4 Å². The third kappa shape index (κ3) is 3.20. The van der Waals surface area contributed by atoms with Crippen LogP contribution in [0.1, 0.15) is 0 Å². The molecule has 1 aromatic heterocycles. The number of hydrogen-bond donors (Lipinski definition) is 0. The molecular weight excluding hydrogens is 273 g/mol. The van der Waals surface area contributed by atoms with Crippen LogP contribution in [0.2, 0.25) is 5.02 Å². The van der Waals surface area contributed by atoms with E-state index in [4.69, 9.17) is 16.0 Å². The summed E-state index contributed by atoms with van der Waals surface area (Å²) in [5.74, 6) is 0.565. The van der Waals surface area contributed by atoms with E-state index in [9.17, 15) is 13.2 Å². The fourth-order valence-corrected chi connectivity index (χ4v) is 2.14. The first kappa shape index (κ1) is 12.4. The van der Waals surface area contributed by atoms with Gasteiger partial charge in [-0.2, -0.15) is 13.2 Å². The number of furan rings is 1. The zero-order valence-electron chi connectivity index (χ0n) is 8.29. The lowest BCUT2D eigenvalue weighted by atomic mass is 10.2. The van der Waals surface area contributed by atoms with Gasteiger partial charge in [0.15, 0.2) is 0 Å². The highest BCUT2D eigenvalue weighted by atomic mass is 35.5. The molecule has 0 N–H and O–H groups in total. The minimum atomic E-state index is -4.34. The molecule has 1 heterocycles. The summed E-state index contributed by atoms with van der Waals surface area (Å²) in [6.07, 6.45) is 1.49. The molecule has 0 bridgehead atoms. The molecule has 2 rings (SSSR count). The molecule has 17 heavy (non-hydrogen) atoms. The minimum absolute atomic E-state index is 0.0190. The van der Waals surface area contributed by atoms with Gasteiger partial charge in [0, 0.05) is 10.5 Å². The average Bonchev–Trinajstić information content (AvgIpc) is 2.72. The van der Waals surface area contributed by atoms with Crippen LogP contribution in [0.4, 0.5) is 13.2 Å². The molecule has 0 aliphatic heterocycles. The Labute approximate surface area is 105 Å². The van der Waals surface area contributed by atoms with Crippen LogP contribution in [0.3, 0.4) is 0 Å². The Morgan fingerprint density at radius 2 is 1.94 bits per heavy atom. The smallest absolute Gasteiger partial charge is 0.446 e. The lowest BCUT2D eigenvalue weighted by Gasteiger charge is -2.08. The molecule has 0 saturated carbocycles. The first-order chi connectivity index (χ1) is 7.96. The van der Waals surface area contributed by atoms with Gasteiger partial charge in [0.2, 0.25) is 0 Å². The fourth-order valence-electron chi connectivity index (χ4n) is 1.30. The highest BCUT2D eigenvalue weighted by Gasteiger charge is 2.30. The zero-order valence-corrected chi connectivity index (χ0v) is 9.86. The third-order valence-corrected chi connectivity index (χ3v) is 3.20. The quantitative estimate of drug-likeness (QED) is 0.699. The van der Waals surface area contributed by atoms with Crippen LogP contribution in [-0.2, 0) is 0 Å². The summed E-state index contributed by atoms with van der Waals surface area (Å²) < 4.78 is 41.7. The molecular formula is C11H6ClF3OS. The van der Waals surface area contributed by atoms with Gasteiger partial charge in [0.05, 0.1) is 11.3 Å². The van der Waals surface area contributed by atoms with Crippen molar-refractivity contribution in [3.8, 4) is 11.3 Å². The molecule has 0 radical (unpaired) electrons. The molecule has 6 heteroatoms. The van der Waals surface area contributed by atoms with Crippen molar-refractivity contribution in [2.24, 2.45) is 0 Å². The number of rotatable bonds is 2. The monoisotopic (exact) mass is 278 g/mol. The maximum atomic E-state index is 12.2. The van der Waals surface area contributed by atoms with E-state index < -0.39 is 5.51 Å². The molecule has 0 unspecified atom stereocenters. The van der Waals surface area contributed by atoms with Crippen LogP contribution < -0.4 is 0 Å². The minimum Gasteiger partial charge on any atom is -0.464 e. The summed E-state index contributed by atoms with van der Waals surface area (Å²) in [4.78, 5) is -0.0190. The average molecular weight is 279 g/mol. The Morgan fingerprint density at radius 1 is 1.18 bits per heavy atom. The first-order valence-corrected chi connectivity index (χ1v) is 5.74. The van der Waals surface area contributed by atoms with E-state index in [1.54, 1.807) is 18.2 Å².